The molecule has 0 aromatic rings. The van der Waals surface area contributed by atoms with Gasteiger partial charge in [-0.3, -0.25) is 9.59 Å². The van der Waals surface area contributed by atoms with Crippen LogP contribution in [-0.4, -0.2) is 47.3 Å². The molecule has 0 rings (SSSR count). The van der Waals surface area contributed by atoms with E-state index in [1.54, 1.807) is 13.8 Å². The molecule has 0 aromatic carbocycles. The average Bonchev–Trinajstić information content (AvgIpc) is 2.87. The van der Waals surface area contributed by atoms with Crippen LogP contribution < -0.4 is 0 Å². The highest BCUT2D eigenvalue weighted by Crippen LogP contribution is 2.21. The average molecular weight is 561 g/mol. The third-order valence-electron chi connectivity index (χ3n) is 5.78. The predicted molar refractivity (Wildman–Crippen MR) is 155 cm³/mol. The molecule has 0 aliphatic heterocycles. The van der Waals surface area contributed by atoms with Gasteiger partial charge in [-0.25, -0.2) is 0 Å². The Labute approximate surface area is 242 Å². The molecule has 0 aromatic heterocycles. The summed E-state index contributed by atoms with van der Waals surface area (Å²) in [6, 6.07) is 4.38. The highest BCUT2D eigenvalue weighted by Gasteiger charge is 2.25. The molecule has 0 fully saturated rings. The minimum absolute atomic E-state index is 0.218. The lowest BCUT2D eigenvalue weighted by atomic mass is 9.99. The molecule has 0 aliphatic rings. The van der Waals surface area contributed by atoms with Gasteiger partial charge in [0.25, 0.3) is 0 Å². The number of azo groups is 2. The van der Waals surface area contributed by atoms with Crippen LogP contribution in [0.2, 0.25) is 0 Å². The molecule has 2 unspecified atom stereocenters. The third-order valence-corrected chi connectivity index (χ3v) is 5.78. The van der Waals surface area contributed by atoms with Crippen molar-refractivity contribution in [2.75, 3.05) is 13.2 Å². The van der Waals surface area contributed by atoms with Gasteiger partial charge in [0, 0.05) is 12.8 Å². The largest absolute Gasteiger partial charge is 0.466 e. The number of hydrogen-bond acceptors (Lipinski definition) is 10. The zero-order valence-corrected chi connectivity index (χ0v) is 26.2. The maximum atomic E-state index is 12.0. The summed E-state index contributed by atoms with van der Waals surface area (Å²) in [4.78, 5) is 23.9. The normalized spacial score (nSPS) is 15.2. The molecule has 0 bridgehead atoms. The zero-order chi connectivity index (χ0) is 30.7. The van der Waals surface area contributed by atoms with Gasteiger partial charge in [0.15, 0.2) is 11.1 Å². The van der Waals surface area contributed by atoms with Gasteiger partial charge in [-0.1, -0.05) is 25.7 Å². The third kappa shape index (κ3) is 21.0. The fourth-order valence-electron chi connectivity index (χ4n) is 3.37. The Kier molecular flexibility index (Phi) is 17.1. The van der Waals surface area contributed by atoms with E-state index in [4.69, 9.17) is 9.47 Å². The van der Waals surface area contributed by atoms with E-state index in [9.17, 15) is 20.1 Å². The quantitative estimate of drug-likeness (QED) is 0.0892. The minimum Gasteiger partial charge on any atom is -0.466 e. The Hall–Kier alpha value is -2.88. The Morgan fingerprint density at radius 2 is 0.875 bits per heavy atom. The molecule has 10 heteroatoms. The molecule has 0 heterocycles. The molecular weight excluding hydrogens is 508 g/mol. The van der Waals surface area contributed by atoms with Gasteiger partial charge < -0.3 is 9.47 Å². The molecule has 10 nitrogen and oxygen atoms in total. The Bertz CT molecular complexity index is 833. The number of carbonyl (C=O) groups is 2. The van der Waals surface area contributed by atoms with Gasteiger partial charge in [-0.15, -0.1) is 0 Å². The molecule has 0 N–H and O–H groups in total. The van der Waals surface area contributed by atoms with Crippen LogP contribution in [0.25, 0.3) is 0 Å². The number of unbranched alkanes of at least 4 members (excludes halogenated alkanes) is 5. The Morgan fingerprint density at radius 3 is 1.18 bits per heavy atom. The number of rotatable bonds is 19. The van der Waals surface area contributed by atoms with Crippen LogP contribution in [-0.2, 0) is 19.1 Å². The summed E-state index contributed by atoms with van der Waals surface area (Å²) in [5.41, 5.74) is -2.48. The number of nitriles is 2. The summed E-state index contributed by atoms with van der Waals surface area (Å²) in [7, 11) is 0. The van der Waals surface area contributed by atoms with Gasteiger partial charge in [-0.05, 0) is 93.9 Å². The van der Waals surface area contributed by atoms with Crippen LogP contribution in [0, 0.1) is 22.7 Å². The topological polar surface area (TPSA) is 150 Å². The maximum absolute atomic E-state index is 12.0. The van der Waals surface area contributed by atoms with Crippen molar-refractivity contribution in [1.29, 1.82) is 10.5 Å². The van der Waals surface area contributed by atoms with E-state index in [1.165, 1.54) is 0 Å². The predicted octanol–water partition coefficient (Wildman–Crippen LogP) is 7.82. The first-order chi connectivity index (χ1) is 18.5. The second kappa shape index (κ2) is 18.5. The zero-order valence-electron chi connectivity index (χ0n) is 26.2. The second-order valence-electron chi connectivity index (χ2n) is 12.8. The smallest absolute Gasteiger partial charge is 0.305 e. The highest BCUT2D eigenvalue weighted by atomic mass is 16.5. The molecule has 226 valence electrons. The van der Waals surface area contributed by atoms with E-state index in [2.05, 4.69) is 32.6 Å². The van der Waals surface area contributed by atoms with E-state index < -0.39 is 11.1 Å². The number of carbonyl (C=O) groups excluding carboxylic acids is 2. The molecule has 0 saturated carbocycles. The fourth-order valence-corrected chi connectivity index (χ4v) is 3.37. The summed E-state index contributed by atoms with van der Waals surface area (Å²) in [5.74, 6) is -0.435. The van der Waals surface area contributed by atoms with Crippen molar-refractivity contribution in [2.45, 2.75) is 155 Å². The van der Waals surface area contributed by atoms with Crippen molar-refractivity contribution in [3.63, 3.8) is 0 Å². The second-order valence-corrected chi connectivity index (χ2v) is 12.8. The van der Waals surface area contributed by atoms with Gasteiger partial charge in [0.2, 0.25) is 0 Å². The fraction of sp³-hybridized carbons (Fsp3) is 0.867. The van der Waals surface area contributed by atoms with E-state index in [-0.39, 0.29) is 36.2 Å². The van der Waals surface area contributed by atoms with E-state index in [1.807, 2.05) is 41.5 Å². The van der Waals surface area contributed by atoms with Crippen LogP contribution in [0.1, 0.15) is 132 Å². The standard InChI is InChI=1S/C30H52N6O4/c1-27(2,3)33-35-29(7,23-31)19-15-21-39-25(37)17-13-11-9-10-12-14-18-26(38)40-22-16-20-30(8,24-32)36-34-28(4,5)6/h9-22H2,1-8H3. The summed E-state index contributed by atoms with van der Waals surface area (Å²) < 4.78 is 10.6. The number of esters is 2. The van der Waals surface area contributed by atoms with Crippen LogP contribution in [0.15, 0.2) is 20.5 Å². The van der Waals surface area contributed by atoms with Crippen molar-refractivity contribution in [2.24, 2.45) is 20.5 Å². The summed E-state index contributed by atoms with van der Waals surface area (Å²) in [6.45, 7) is 15.6. The van der Waals surface area contributed by atoms with Crippen molar-refractivity contribution in [3.8, 4) is 12.1 Å². The monoisotopic (exact) mass is 560 g/mol. The molecule has 40 heavy (non-hydrogen) atoms. The van der Waals surface area contributed by atoms with E-state index in [0.29, 0.717) is 38.5 Å². The molecule has 0 aliphatic carbocycles. The SMILES string of the molecule is CC(C)(C)N=NC(C)(C#N)CCCOC(=O)CCCCCCCCC(=O)OCCCC(C)(C#N)N=NC(C)(C)C. The highest BCUT2D eigenvalue weighted by molar-refractivity contribution is 5.69. The van der Waals surface area contributed by atoms with Gasteiger partial charge >= 0.3 is 11.9 Å². The van der Waals surface area contributed by atoms with Crippen molar-refractivity contribution in [3.05, 3.63) is 0 Å². The number of nitrogens with zero attached hydrogens (tertiary/aromatic N) is 6. The van der Waals surface area contributed by atoms with Gasteiger partial charge in [-0.2, -0.15) is 31.0 Å². The lowest BCUT2D eigenvalue weighted by Gasteiger charge is -2.18. The first-order valence-corrected chi connectivity index (χ1v) is 14.5. The van der Waals surface area contributed by atoms with Gasteiger partial charge in [0.05, 0.1) is 36.4 Å². The van der Waals surface area contributed by atoms with Crippen LogP contribution >= 0.6 is 0 Å². The summed E-state index contributed by atoms with van der Waals surface area (Å²) in [6.07, 6.45) is 8.25. The molecule has 0 amide bonds. The first kappa shape index (κ1) is 37.1. The van der Waals surface area contributed by atoms with Crippen LogP contribution in [0.5, 0.6) is 0 Å². The first-order valence-electron chi connectivity index (χ1n) is 14.5. The maximum Gasteiger partial charge on any atom is 0.305 e. The Morgan fingerprint density at radius 1 is 0.550 bits per heavy atom. The molecule has 2 atom stereocenters. The van der Waals surface area contributed by atoms with Crippen molar-refractivity contribution < 1.29 is 19.1 Å². The van der Waals surface area contributed by atoms with E-state index >= 15 is 0 Å². The summed E-state index contributed by atoms with van der Waals surface area (Å²) >= 11 is 0. The van der Waals surface area contributed by atoms with Crippen molar-refractivity contribution >= 4 is 11.9 Å². The van der Waals surface area contributed by atoms with Crippen LogP contribution in [0.3, 0.4) is 0 Å². The molecule has 0 saturated heterocycles. The minimum atomic E-state index is -0.907. The molecule has 0 spiro atoms. The Balaban J connectivity index is 3.85. The lowest BCUT2D eigenvalue weighted by molar-refractivity contribution is -0.144. The number of ether oxygens (including phenoxy) is 2. The van der Waals surface area contributed by atoms with E-state index in [0.717, 1.165) is 38.5 Å². The number of hydrogen-bond donors (Lipinski definition) is 0. The van der Waals surface area contributed by atoms with Crippen molar-refractivity contribution in [1.82, 2.24) is 0 Å². The van der Waals surface area contributed by atoms with Crippen LogP contribution in [0.4, 0.5) is 0 Å². The van der Waals surface area contributed by atoms with Gasteiger partial charge in [0.1, 0.15) is 0 Å². The lowest BCUT2D eigenvalue weighted by Crippen LogP contribution is -2.21. The summed E-state index contributed by atoms with van der Waals surface area (Å²) in [5, 5.41) is 35.6. The molecular formula is C30H52N6O4. The molecule has 0 radical (unpaired) electrons.